The largest absolute Gasteiger partial charge is 0.497 e. The van der Waals surface area contributed by atoms with Crippen molar-refractivity contribution in [2.75, 3.05) is 25.5 Å². The third-order valence-electron chi connectivity index (χ3n) is 4.89. The number of hydrogen-bond donors (Lipinski definition) is 1. The van der Waals surface area contributed by atoms with Crippen LogP contribution in [-0.4, -0.2) is 31.0 Å². The molecule has 4 nitrogen and oxygen atoms in total. The summed E-state index contributed by atoms with van der Waals surface area (Å²) in [6.45, 7) is 1.42. The molecule has 4 rings (SSSR count). The molecule has 0 radical (unpaired) electrons. The Labute approximate surface area is 146 Å². The topological polar surface area (TPSA) is 41.6 Å². The number of carbonyl (C=O) groups is 1. The molecule has 2 heterocycles. The monoisotopic (exact) mass is 342 g/mol. The van der Waals surface area contributed by atoms with Crippen molar-refractivity contribution in [1.82, 2.24) is 4.90 Å². The number of fused-ring (bicyclic) bond motifs is 1. The molecule has 1 aliphatic heterocycles. The van der Waals surface area contributed by atoms with E-state index in [1.807, 2.05) is 35.6 Å². The minimum absolute atomic E-state index is 0.0487. The average molecular weight is 342 g/mol. The lowest BCUT2D eigenvalue weighted by Crippen LogP contribution is -2.41. The van der Waals surface area contributed by atoms with Crippen LogP contribution in [-0.2, 0) is 11.2 Å². The van der Waals surface area contributed by atoms with Crippen molar-refractivity contribution in [3.05, 3.63) is 46.2 Å². The van der Waals surface area contributed by atoms with Crippen molar-refractivity contribution >= 4 is 22.9 Å². The summed E-state index contributed by atoms with van der Waals surface area (Å²) < 4.78 is 5.21. The third-order valence-corrected chi connectivity index (χ3v) is 5.88. The number of ether oxygens (including phenoxy) is 1. The standard InChI is InChI=1S/C19H22N2O2S/c1-23-15-4-2-3-14(11-15)20-18(22)12-21-9-7-17-16(8-10-24-17)19(21)13-5-6-13/h2-4,8,10-11,13,19H,5-7,9,12H2,1H3,(H,20,22)/t19-/m1/s1. The van der Waals surface area contributed by atoms with Gasteiger partial charge in [0, 0.05) is 29.2 Å². The predicted octanol–water partition coefficient (Wildman–Crippen LogP) is 3.70. The number of methoxy groups -OCH3 is 1. The van der Waals surface area contributed by atoms with E-state index in [1.165, 1.54) is 23.3 Å². The van der Waals surface area contributed by atoms with E-state index in [9.17, 15) is 4.79 Å². The van der Waals surface area contributed by atoms with Gasteiger partial charge in [0.15, 0.2) is 0 Å². The highest BCUT2D eigenvalue weighted by Crippen LogP contribution is 2.48. The maximum Gasteiger partial charge on any atom is 0.238 e. The molecular weight excluding hydrogens is 320 g/mol. The summed E-state index contributed by atoms with van der Waals surface area (Å²) in [6, 6.07) is 10.2. The zero-order valence-corrected chi connectivity index (χ0v) is 14.6. The van der Waals surface area contributed by atoms with E-state index in [0.29, 0.717) is 12.6 Å². The first-order valence-electron chi connectivity index (χ1n) is 8.49. The van der Waals surface area contributed by atoms with E-state index < -0.39 is 0 Å². The summed E-state index contributed by atoms with van der Waals surface area (Å²) in [5.74, 6) is 1.53. The minimum atomic E-state index is 0.0487. The molecule has 1 fully saturated rings. The van der Waals surface area contributed by atoms with Gasteiger partial charge in [0.2, 0.25) is 5.91 Å². The fourth-order valence-corrected chi connectivity index (χ4v) is 4.54. The second-order valence-corrected chi connectivity index (χ2v) is 7.58. The molecule has 1 aliphatic carbocycles. The van der Waals surface area contributed by atoms with Gasteiger partial charge in [0.25, 0.3) is 0 Å². The van der Waals surface area contributed by atoms with Crippen molar-refractivity contribution in [3.63, 3.8) is 0 Å². The Balaban J connectivity index is 1.45. The van der Waals surface area contributed by atoms with E-state index in [1.54, 1.807) is 7.11 Å². The molecule has 1 N–H and O–H groups in total. The van der Waals surface area contributed by atoms with Crippen molar-refractivity contribution in [1.29, 1.82) is 0 Å². The first-order valence-corrected chi connectivity index (χ1v) is 9.37. The van der Waals surface area contributed by atoms with Crippen LogP contribution in [0.25, 0.3) is 0 Å². The summed E-state index contributed by atoms with van der Waals surface area (Å²) >= 11 is 1.86. The van der Waals surface area contributed by atoms with E-state index in [2.05, 4.69) is 21.7 Å². The Bertz CT molecular complexity index is 738. The van der Waals surface area contributed by atoms with Crippen LogP contribution in [0.2, 0.25) is 0 Å². The number of nitrogens with zero attached hydrogens (tertiary/aromatic N) is 1. The summed E-state index contributed by atoms with van der Waals surface area (Å²) in [5.41, 5.74) is 2.25. The maximum absolute atomic E-state index is 12.5. The molecule has 1 atom stereocenters. The van der Waals surface area contributed by atoms with Gasteiger partial charge in [-0.3, -0.25) is 9.69 Å². The number of anilines is 1. The number of rotatable bonds is 5. The Kier molecular flexibility index (Phi) is 4.29. The van der Waals surface area contributed by atoms with Gasteiger partial charge in [-0.25, -0.2) is 0 Å². The molecule has 2 aliphatic rings. The molecule has 0 saturated heterocycles. The summed E-state index contributed by atoms with van der Waals surface area (Å²) in [5, 5.41) is 5.20. The van der Waals surface area contributed by atoms with Gasteiger partial charge < -0.3 is 10.1 Å². The highest BCUT2D eigenvalue weighted by atomic mass is 32.1. The first-order chi connectivity index (χ1) is 11.7. The number of amides is 1. The SMILES string of the molecule is COc1cccc(NC(=O)CN2CCc3sccc3[C@H]2C2CC2)c1. The maximum atomic E-state index is 12.5. The average Bonchev–Trinajstić information content (AvgIpc) is 3.31. The Morgan fingerprint density at radius 1 is 1.38 bits per heavy atom. The van der Waals surface area contributed by atoms with Gasteiger partial charge in [0.05, 0.1) is 13.7 Å². The van der Waals surface area contributed by atoms with Gasteiger partial charge >= 0.3 is 0 Å². The van der Waals surface area contributed by atoms with Crippen molar-refractivity contribution in [3.8, 4) is 5.75 Å². The summed E-state index contributed by atoms with van der Waals surface area (Å²) in [6.07, 6.45) is 3.63. The molecule has 1 aromatic heterocycles. The molecule has 2 aromatic rings. The fourth-order valence-electron chi connectivity index (χ4n) is 3.63. The van der Waals surface area contributed by atoms with Gasteiger partial charge in [-0.05, 0) is 54.3 Å². The predicted molar refractivity (Wildman–Crippen MR) is 96.7 cm³/mol. The molecule has 0 spiro atoms. The highest BCUT2D eigenvalue weighted by Gasteiger charge is 2.40. The summed E-state index contributed by atoms with van der Waals surface area (Å²) in [7, 11) is 1.63. The molecule has 1 aromatic carbocycles. The van der Waals surface area contributed by atoms with E-state index in [0.717, 1.165) is 30.3 Å². The third kappa shape index (κ3) is 3.19. The van der Waals surface area contributed by atoms with E-state index in [-0.39, 0.29) is 5.91 Å². The van der Waals surface area contributed by atoms with E-state index >= 15 is 0 Å². The number of carbonyl (C=O) groups excluding carboxylic acids is 1. The van der Waals surface area contributed by atoms with Crippen LogP contribution in [0.1, 0.15) is 29.3 Å². The zero-order chi connectivity index (χ0) is 16.5. The number of nitrogens with one attached hydrogen (secondary N) is 1. The van der Waals surface area contributed by atoms with Gasteiger partial charge in [-0.15, -0.1) is 11.3 Å². The normalized spacial score (nSPS) is 20.5. The lowest BCUT2D eigenvalue weighted by Gasteiger charge is -2.35. The molecule has 0 unspecified atom stereocenters. The van der Waals surface area contributed by atoms with E-state index in [4.69, 9.17) is 4.74 Å². The number of benzene rings is 1. The van der Waals surface area contributed by atoms with Gasteiger partial charge in [-0.1, -0.05) is 6.07 Å². The Morgan fingerprint density at radius 3 is 3.04 bits per heavy atom. The second kappa shape index (κ2) is 6.57. The van der Waals surface area contributed by atoms with Crippen LogP contribution in [0.5, 0.6) is 5.75 Å². The molecule has 24 heavy (non-hydrogen) atoms. The molecule has 5 heteroatoms. The van der Waals surface area contributed by atoms with Crippen LogP contribution >= 0.6 is 11.3 Å². The van der Waals surface area contributed by atoms with Crippen LogP contribution in [0.15, 0.2) is 35.7 Å². The number of thiophene rings is 1. The highest BCUT2D eigenvalue weighted by molar-refractivity contribution is 7.10. The molecule has 1 amide bonds. The minimum Gasteiger partial charge on any atom is -0.497 e. The van der Waals surface area contributed by atoms with Crippen LogP contribution in [0, 0.1) is 5.92 Å². The quantitative estimate of drug-likeness (QED) is 0.901. The molecule has 1 saturated carbocycles. The zero-order valence-electron chi connectivity index (χ0n) is 13.8. The fraction of sp³-hybridized carbons (Fsp3) is 0.421. The lowest BCUT2D eigenvalue weighted by molar-refractivity contribution is -0.118. The first kappa shape index (κ1) is 15.7. The second-order valence-electron chi connectivity index (χ2n) is 6.58. The Hall–Kier alpha value is -1.85. The van der Waals surface area contributed by atoms with Crippen molar-refractivity contribution in [2.45, 2.75) is 25.3 Å². The van der Waals surface area contributed by atoms with Crippen molar-refractivity contribution < 1.29 is 9.53 Å². The van der Waals surface area contributed by atoms with Gasteiger partial charge in [0.1, 0.15) is 5.75 Å². The molecule has 0 bridgehead atoms. The van der Waals surface area contributed by atoms with Gasteiger partial charge in [-0.2, -0.15) is 0 Å². The van der Waals surface area contributed by atoms with Crippen LogP contribution < -0.4 is 10.1 Å². The Morgan fingerprint density at radius 2 is 2.25 bits per heavy atom. The van der Waals surface area contributed by atoms with Crippen LogP contribution in [0.3, 0.4) is 0 Å². The van der Waals surface area contributed by atoms with Crippen molar-refractivity contribution in [2.24, 2.45) is 5.92 Å². The summed E-state index contributed by atoms with van der Waals surface area (Å²) in [4.78, 5) is 16.4. The smallest absolute Gasteiger partial charge is 0.238 e. The van der Waals surface area contributed by atoms with Crippen LogP contribution in [0.4, 0.5) is 5.69 Å². The molecular formula is C19H22N2O2S. The lowest BCUT2D eigenvalue weighted by atomic mass is 9.96. The molecule has 126 valence electrons. The number of hydrogen-bond acceptors (Lipinski definition) is 4.